The molecule has 0 aliphatic carbocycles. The summed E-state index contributed by atoms with van der Waals surface area (Å²) in [5.41, 5.74) is 1.11. The molecule has 3 N–H and O–H groups in total. The number of carbonyl (C=O) groups excluding carboxylic acids is 1. The van der Waals surface area contributed by atoms with Gasteiger partial charge in [-0.25, -0.2) is 0 Å². The summed E-state index contributed by atoms with van der Waals surface area (Å²) < 4.78 is 0. The molecule has 0 atom stereocenters. The Morgan fingerprint density at radius 3 is 2.62 bits per heavy atom. The van der Waals surface area contributed by atoms with E-state index < -0.39 is 0 Å². The summed E-state index contributed by atoms with van der Waals surface area (Å²) in [6.45, 7) is 3.60. The summed E-state index contributed by atoms with van der Waals surface area (Å²) in [5.74, 6) is -0.185. The van der Waals surface area contributed by atoms with Crippen molar-refractivity contribution in [3.63, 3.8) is 0 Å². The molecular formula is C9H16N2O2. The summed E-state index contributed by atoms with van der Waals surface area (Å²) in [6.07, 6.45) is 2.20. The predicted molar refractivity (Wildman–Crippen MR) is 51.9 cm³/mol. The third kappa shape index (κ3) is 6.04. The summed E-state index contributed by atoms with van der Waals surface area (Å²) in [6, 6.07) is 0. The number of carbonyl (C=O) groups is 1. The van der Waals surface area contributed by atoms with E-state index in [1.165, 1.54) is 0 Å². The molecule has 0 saturated heterocycles. The minimum Gasteiger partial charge on any atom is -0.395 e. The Morgan fingerprint density at radius 2 is 2.15 bits per heavy atom. The van der Waals surface area contributed by atoms with Crippen molar-refractivity contribution in [1.29, 1.82) is 5.41 Å². The highest BCUT2D eigenvalue weighted by Gasteiger charge is 2.01. The van der Waals surface area contributed by atoms with Crippen LogP contribution < -0.4 is 5.32 Å². The van der Waals surface area contributed by atoms with Crippen LogP contribution in [-0.4, -0.2) is 29.9 Å². The number of nitrogens with one attached hydrogen (secondary N) is 2. The average Bonchev–Trinajstić information content (AvgIpc) is 2.10. The van der Waals surface area contributed by atoms with Crippen LogP contribution in [0.1, 0.15) is 20.3 Å². The van der Waals surface area contributed by atoms with Crippen molar-refractivity contribution >= 4 is 11.6 Å². The normalized spacial score (nSPS) is 11.2. The first-order valence-corrected chi connectivity index (χ1v) is 4.17. The van der Waals surface area contributed by atoms with Crippen LogP contribution in [0.25, 0.3) is 0 Å². The van der Waals surface area contributed by atoms with Gasteiger partial charge in [0.1, 0.15) is 0 Å². The molecule has 13 heavy (non-hydrogen) atoms. The van der Waals surface area contributed by atoms with Gasteiger partial charge < -0.3 is 15.8 Å². The van der Waals surface area contributed by atoms with Crippen molar-refractivity contribution < 1.29 is 9.90 Å². The maximum Gasteiger partial charge on any atom is 0.246 e. The number of aliphatic hydroxyl groups is 1. The van der Waals surface area contributed by atoms with E-state index in [9.17, 15) is 4.79 Å². The Kier molecular flexibility index (Phi) is 5.80. The van der Waals surface area contributed by atoms with E-state index in [1.807, 2.05) is 0 Å². The van der Waals surface area contributed by atoms with Gasteiger partial charge in [0.25, 0.3) is 0 Å². The minimum absolute atomic E-state index is 0.0530. The van der Waals surface area contributed by atoms with Crippen LogP contribution in [0.2, 0.25) is 0 Å². The van der Waals surface area contributed by atoms with Gasteiger partial charge in [-0.1, -0.05) is 6.08 Å². The number of hydrogen-bond acceptors (Lipinski definition) is 3. The van der Waals surface area contributed by atoms with Crippen molar-refractivity contribution in [3.8, 4) is 0 Å². The van der Waals surface area contributed by atoms with Gasteiger partial charge in [0, 0.05) is 24.3 Å². The molecule has 0 rings (SSSR count). The van der Waals surface area contributed by atoms with E-state index in [4.69, 9.17) is 10.5 Å². The molecule has 0 aromatic heterocycles. The lowest BCUT2D eigenvalue weighted by molar-refractivity contribution is -0.117. The van der Waals surface area contributed by atoms with Crippen molar-refractivity contribution in [2.24, 2.45) is 0 Å². The van der Waals surface area contributed by atoms with Gasteiger partial charge >= 0.3 is 0 Å². The van der Waals surface area contributed by atoms with Gasteiger partial charge in [-0.3, -0.25) is 4.79 Å². The van der Waals surface area contributed by atoms with Crippen LogP contribution in [0, 0.1) is 5.41 Å². The van der Waals surface area contributed by atoms with Gasteiger partial charge in [0.15, 0.2) is 0 Å². The first-order valence-electron chi connectivity index (χ1n) is 4.17. The molecule has 0 fully saturated rings. The zero-order valence-electron chi connectivity index (χ0n) is 8.05. The fourth-order valence-electron chi connectivity index (χ4n) is 0.708. The molecule has 0 saturated carbocycles. The quantitative estimate of drug-likeness (QED) is 0.429. The van der Waals surface area contributed by atoms with Gasteiger partial charge in [0.05, 0.1) is 6.61 Å². The highest BCUT2D eigenvalue weighted by atomic mass is 16.3. The van der Waals surface area contributed by atoms with E-state index in [0.717, 1.165) is 0 Å². The molecule has 1 amide bonds. The molecule has 0 bridgehead atoms. The molecule has 0 aromatic carbocycles. The summed E-state index contributed by atoms with van der Waals surface area (Å²) in [7, 11) is 0. The fraction of sp³-hybridized carbons (Fsp3) is 0.556. The fourth-order valence-corrected chi connectivity index (χ4v) is 0.708. The predicted octanol–water partition coefficient (Wildman–Crippen LogP) is 0.471. The Hall–Kier alpha value is -1.16. The van der Waals surface area contributed by atoms with Crippen LogP contribution >= 0.6 is 0 Å². The monoisotopic (exact) mass is 184 g/mol. The minimum atomic E-state index is -0.185. The SMILES string of the molecule is CC(=N)C/C=C(\C)C(=O)NCCO. The standard InChI is InChI=1S/C9H16N2O2/c1-7(3-4-8(2)10)9(13)11-5-6-12/h3,10,12H,4-6H2,1-2H3,(H,11,13)/b7-3+,10-8?. The van der Waals surface area contributed by atoms with Crippen LogP contribution in [-0.2, 0) is 4.79 Å². The number of amides is 1. The topological polar surface area (TPSA) is 73.2 Å². The molecule has 4 heteroatoms. The number of allylic oxidation sites excluding steroid dienone is 1. The molecule has 0 aromatic rings. The average molecular weight is 184 g/mol. The number of rotatable bonds is 5. The highest BCUT2D eigenvalue weighted by molar-refractivity contribution is 5.93. The zero-order valence-corrected chi connectivity index (χ0v) is 8.05. The lowest BCUT2D eigenvalue weighted by Crippen LogP contribution is -2.26. The van der Waals surface area contributed by atoms with Gasteiger partial charge in [-0.05, 0) is 13.8 Å². The second-order valence-electron chi connectivity index (χ2n) is 2.85. The van der Waals surface area contributed by atoms with Crippen LogP contribution in [0.4, 0.5) is 0 Å². The van der Waals surface area contributed by atoms with E-state index in [2.05, 4.69) is 5.32 Å². The molecular weight excluding hydrogens is 168 g/mol. The van der Waals surface area contributed by atoms with E-state index >= 15 is 0 Å². The van der Waals surface area contributed by atoms with E-state index in [-0.39, 0.29) is 19.1 Å². The van der Waals surface area contributed by atoms with Crippen LogP contribution in [0.15, 0.2) is 11.6 Å². The third-order valence-corrected chi connectivity index (χ3v) is 1.47. The van der Waals surface area contributed by atoms with E-state index in [0.29, 0.717) is 17.7 Å². The Labute approximate surface area is 78.2 Å². The molecule has 0 heterocycles. The number of aliphatic hydroxyl groups excluding tert-OH is 1. The van der Waals surface area contributed by atoms with Crippen molar-refractivity contribution in [2.75, 3.05) is 13.2 Å². The smallest absolute Gasteiger partial charge is 0.246 e. The first kappa shape index (κ1) is 11.8. The lowest BCUT2D eigenvalue weighted by atomic mass is 10.2. The second kappa shape index (κ2) is 6.37. The summed E-state index contributed by atoms with van der Waals surface area (Å²) in [5, 5.41) is 18.1. The van der Waals surface area contributed by atoms with Crippen molar-refractivity contribution in [3.05, 3.63) is 11.6 Å². The maximum absolute atomic E-state index is 11.2. The van der Waals surface area contributed by atoms with Crippen molar-refractivity contribution in [2.45, 2.75) is 20.3 Å². The summed E-state index contributed by atoms with van der Waals surface area (Å²) >= 11 is 0. The molecule has 0 aliphatic heterocycles. The third-order valence-electron chi connectivity index (χ3n) is 1.47. The van der Waals surface area contributed by atoms with Crippen LogP contribution in [0.3, 0.4) is 0 Å². The largest absolute Gasteiger partial charge is 0.395 e. The highest BCUT2D eigenvalue weighted by Crippen LogP contribution is 1.95. The molecule has 0 aliphatic rings. The number of hydrogen-bond donors (Lipinski definition) is 3. The molecule has 0 spiro atoms. The van der Waals surface area contributed by atoms with E-state index in [1.54, 1.807) is 19.9 Å². The molecule has 74 valence electrons. The molecule has 0 unspecified atom stereocenters. The Balaban J connectivity index is 3.93. The Bertz CT molecular complexity index is 222. The molecule has 4 nitrogen and oxygen atoms in total. The van der Waals surface area contributed by atoms with Gasteiger partial charge in [0.2, 0.25) is 5.91 Å². The Morgan fingerprint density at radius 1 is 1.54 bits per heavy atom. The first-order chi connectivity index (χ1) is 6.07. The van der Waals surface area contributed by atoms with Gasteiger partial charge in [-0.15, -0.1) is 0 Å². The zero-order chi connectivity index (χ0) is 10.3. The molecule has 0 radical (unpaired) electrons. The summed E-state index contributed by atoms with van der Waals surface area (Å²) in [4.78, 5) is 11.2. The van der Waals surface area contributed by atoms with Crippen LogP contribution in [0.5, 0.6) is 0 Å². The van der Waals surface area contributed by atoms with Gasteiger partial charge in [-0.2, -0.15) is 0 Å². The second-order valence-corrected chi connectivity index (χ2v) is 2.85. The maximum atomic E-state index is 11.2. The van der Waals surface area contributed by atoms with Crippen molar-refractivity contribution in [1.82, 2.24) is 5.32 Å². The lowest BCUT2D eigenvalue weighted by Gasteiger charge is -2.02.